The van der Waals surface area contributed by atoms with Crippen molar-refractivity contribution in [2.75, 3.05) is 6.61 Å². The summed E-state index contributed by atoms with van der Waals surface area (Å²) in [6.07, 6.45) is -5.53. The highest BCUT2D eigenvalue weighted by molar-refractivity contribution is 7.89. The molecule has 1 heterocycles. The van der Waals surface area contributed by atoms with Crippen molar-refractivity contribution in [1.82, 2.24) is 0 Å². The summed E-state index contributed by atoms with van der Waals surface area (Å²) in [7, 11) is -3.83. The molecule has 2 aromatic carbocycles. The van der Waals surface area contributed by atoms with Gasteiger partial charge in [0.1, 0.15) is 24.1 Å². The molecule has 3 rings (SSSR count). The molecule has 0 aromatic heterocycles. The molecule has 1 fully saturated rings. The van der Waals surface area contributed by atoms with Gasteiger partial charge < -0.3 is 29.9 Å². The molecular formula is C20H25NO8S. The normalized spacial score (nSPS) is 29.6. The number of aliphatic hydroxyl groups is 4. The van der Waals surface area contributed by atoms with Gasteiger partial charge in [-0.15, -0.1) is 0 Å². The molecule has 1 aliphatic heterocycles. The number of aliphatic hydroxyl groups excluding tert-OH is 3. The molecule has 164 valence electrons. The minimum Gasteiger partial charge on any atom is -0.461 e. The second kappa shape index (κ2) is 8.23. The summed E-state index contributed by atoms with van der Waals surface area (Å²) in [4.78, 5) is -0.00720. The van der Waals surface area contributed by atoms with Crippen molar-refractivity contribution in [1.29, 1.82) is 0 Å². The maximum atomic E-state index is 11.6. The molecular weight excluding hydrogens is 414 g/mol. The summed E-state index contributed by atoms with van der Waals surface area (Å²) in [5.74, 6) is 0.340. The maximum Gasteiger partial charge on any atom is 0.238 e. The zero-order chi connectivity index (χ0) is 22.3. The average Bonchev–Trinajstić information content (AvgIpc) is 2.69. The molecule has 9 nitrogen and oxygen atoms in total. The fraction of sp³-hybridized carbons (Fsp3) is 0.400. The first-order chi connectivity index (χ1) is 13.9. The van der Waals surface area contributed by atoms with E-state index < -0.39 is 46.8 Å². The molecule has 0 spiro atoms. The van der Waals surface area contributed by atoms with Crippen molar-refractivity contribution in [3.63, 3.8) is 0 Å². The molecule has 5 atom stereocenters. The number of sulfonamides is 1. The number of nitrogens with two attached hydrogens (primary N) is 1. The lowest BCUT2D eigenvalue weighted by molar-refractivity contribution is -0.314. The van der Waals surface area contributed by atoms with E-state index in [2.05, 4.69) is 0 Å². The fourth-order valence-electron chi connectivity index (χ4n) is 3.29. The highest BCUT2D eigenvalue weighted by Gasteiger charge is 2.53. The van der Waals surface area contributed by atoms with Crippen LogP contribution < -0.4 is 9.88 Å². The first-order valence-electron chi connectivity index (χ1n) is 9.20. The van der Waals surface area contributed by atoms with Crippen LogP contribution in [0.1, 0.15) is 12.5 Å². The van der Waals surface area contributed by atoms with Gasteiger partial charge in [-0.25, -0.2) is 13.6 Å². The van der Waals surface area contributed by atoms with Gasteiger partial charge >= 0.3 is 0 Å². The topological polar surface area (TPSA) is 160 Å². The van der Waals surface area contributed by atoms with Crippen LogP contribution in [-0.4, -0.2) is 65.7 Å². The molecule has 0 unspecified atom stereocenters. The molecule has 0 amide bonds. The van der Waals surface area contributed by atoms with Crippen molar-refractivity contribution >= 4 is 10.0 Å². The molecule has 0 radical (unpaired) electrons. The average molecular weight is 439 g/mol. The lowest BCUT2D eigenvalue weighted by Crippen LogP contribution is -2.66. The number of ether oxygens (including phenoxy) is 2. The van der Waals surface area contributed by atoms with E-state index in [0.717, 1.165) is 0 Å². The minimum absolute atomic E-state index is 0.00720. The second-order valence-electron chi connectivity index (χ2n) is 7.52. The van der Waals surface area contributed by atoms with Crippen molar-refractivity contribution < 1.29 is 38.3 Å². The van der Waals surface area contributed by atoms with Crippen LogP contribution in [0.5, 0.6) is 5.75 Å². The Bertz CT molecular complexity index is 1020. The summed E-state index contributed by atoms with van der Waals surface area (Å²) in [6, 6.07) is 11.2. The molecule has 0 saturated carbocycles. The van der Waals surface area contributed by atoms with E-state index in [0.29, 0.717) is 22.4 Å². The smallest absolute Gasteiger partial charge is 0.238 e. The largest absolute Gasteiger partial charge is 0.461 e. The van der Waals surface area contributed by atoms with Gasteiger partial charge in [0.2, 0.25) is 16.3 Å². The molecule has 30 heavy (non-hydrogen) atoms. The maximum absolute atomic E-state index is 11.6. The predicted octanol–water partition coefficient (Wildman–Crippen LogP) is -0.122. The zero-order valence-corrected chi connectivity index (χ0v) is 17.3. The van der Waals surface area contributed by atoms with E-state index in [1.165, 1.54) is 19.1 Å². The molecule has 10 heteroatoms. The summed E-state index contributed by atoms with van der Waals surface area (Å²) in [6.45, 7) is 2.45. The van der Waals surface area contributed by atoms with Crippen LogP contribution in [0, 0.1) is 6.92 Å². The minimum atomic E-state index is -3.83. The Morgan fingerprint density at radius 1 is 1.17 bits per heavy atom. The first-order valence-corrected chi connectivity index (χ1v) is 10.7. The Hall–Kier alpha value is -2.05. The van der Waals surface area contributed by atoms with Gasteiger partial charge in [-0.2, -0.15) is 0 Å². The molecule has 6 N–H and O–H groups in total. The molecule has 1 aliphatic rings. The van der Waals surface area contributed by atoms with Crippen LogP contribution in [0.2, 0.25) is 0 Å². The van der Waals surface area contributed by atoms with Gasteiger partial charge in [0.25, 0.3) is 0 Å². The van der Waals surface area contributed by atoms with Gasteiger partial charge in [-0.05, 0) is 54.8 Å². The summed E-state index contributed by atoms with van der Waals surface area (Å²) < 4.78 is 34.4. The van der Waals surface area contributed by atoms with Crippen molar-refractivity contribution in [3.05, 3.63) is 48.0 Å². The third-order valence-corrected chi connectivity index (χ3v) is 6.07. The highest BCUT2D eigenvalue weighted by Crippen LogP contribution is 2.34. The Labute approximate surface area is 174 Å². The van der Waals surface area contributed by atoms with Crippen molar-refractivity contribution in [3.8, 4) is 16.9 Å². The van der Waals surface area contributed by atoms with E-state index in [4.69, 9.17) is 14.6 Å². The lowest BCUT2D eigenvalue weighted by atomic mass is 9.88. The first kappa shape index (κ1) is 22.6. The summed E-state index contributed by atoms with van der Waals surface area (Å²) in [5.41, 5.74) is 0.0652. The van der Waals surface area contributed by atoms with E-state index >= 15 is 0 Å². The van der Waals surface area contributed by atoms with Gasteiger partial charge in [0, 0.05) is 0 Å². The van der Waals surface area contributed by atoms with E-state index in [1.807, 2.05) is 0 Å². The van der Waals surface area contributed by atoms with Crippen LogP contribution in [0.3, 0.4) is 0 Å². The second-order valence-corrected chi connectivity index (χ2v) is 9.08. The Balaban J connectivity index is 1.87. The fourth-order valence-corrected chi connectivity index (χ4v) is 3.85. The van der Waals surface area contributed by atoms with Crippen molar-refractivity contribution in [2.45, 2.75) is 48.9 Å². The Morgan fingerprint density at radius 3 is 2.43 bits per heavy atom. The van der Waals surface area contributed by atoms with Crippen LogP contribution >= 0.6 is 0 Å². The number of hydrogen-bond acceptors (Lipinski definition) is 8. The molecule has 0 aliphatic carbocycles. The van der Waals surface area contributed by atoms with E-state index in [1.54, 1.807) is 37.3 Å². The number of hydrogen-bond donors (Lipinski definition) is 5. The lowest BCUT2D eigenvalue weighted by Gasteiger charge is -2.45. The van der Waals surface area contributed by atoms with Crippen LogP contribution in [0.15, 0.2) is 47.4 Å². The van der Waals surface area contributed by atoms with Gasteiger partial charge in [-0.1, -0.05) is 18.2 Å². The summed E-state index contributed by atoms with van der Waals surface area (Å²) >= 11 is 0. The molecule has 1 saturated heterocycles. The van der Waals surface area contributed by atoms with Gasteiger partial charge in [0.05, 0.1) is 11.5 Å². The highest BCUT2D eigenvalue weighted by atomic mass is 32.2. The Kier molecular flexibility index (Phi) is 6.21. The standard InChI is InChI=1S/C20H25NO8S/c1-11-8-13(12-4-3-5-14(9-12)30(21,26)27)6-7-15(11)28-19-20(2,25)18(24)17(23)16(10-22)29-19/h3-9,16-19,22-25H,10H2,1-2H3,(H2,21,26,27)/t16-,17-,18+,19+,20+/m1/s1. The molecule has 0 bridgehead atoms. The number of primary sulfonamides is 1. The zero-order valence-electron chi connectivity index (χ0n) is 16.5. The van der Waals surface area contributed by atoms with Crippen molar-refractivity contribution in [2.24, 2.45) is 5.14 Å². The number of rotatable bonds is 5. The third-order valence-electron chi connectivity index (χ3n) is 5.16. The van der Waals surface area contributed by atoms with Gasteiger partial charge in [-0.3, -0.25) is 0 Å². The summed E-state index contributed by atoms with van der Waals surface area (Å²) in [5, 5.41) is 45.2. The van der Waals surface area contributed by atoms with Gasteiger partial charge in [0.15, 0.2) is 5.60 Å². The Morgan fingerprint density at radius 2 is 1.83 bits per heavy atom. The quantitative estimate of drug-likeness (QED) is 0.431. The van der Waals surface area contributed by atoms with E-state index in [9.17, 15) is 28.8 Å². The number of aryl methyl sites for hydroxylation is 1. The predicted molar refractivity (Wildman–Crippen MR) is 107 cm³/mol. The SMILES string of the molecule is Cc1cc(-c2cccc(S(N)(=O)=O)c2)ccc1O[C@H]1O[C@H](CO)[C@@H](O)[C@H](O)[C@]1(C)O. The third kappa shape index (κ3) is 4.35. The molecule has 2 aromatic rings. The monoisotopic (exact) mass is 439 g/mol. The van der Waals surface area contributed by atoms with Crippen LogP contribution in [-0.2, 0) is 14.8 Å². The van der Waals surface area contributed by atoms with Crippen LogP contribution in [0.25, 0.3) is 11.1 Å². The van der Waals surface area contributed by atoms with E-state index in [-0.39, 0.29) is 4.90 Å². The number of benzene rings is 2. The van der Waals surface area contributed by atoms with Crippen LogP contribution in [0.4, 0.5) is 0 Å².